The largest absolute Gasteiger partial charge is 0.481 e. The van der Waals surface area contributed by atoms with Crippen molar-refractivity contribution in [1.82, 2.24) is 9.47 Å². The summed E-state index contributed by atoms with van der Waals surface area (Å²) in [6, 6.07) is 3.69. The molecule has 0 aromatic carbocycles. The number of carbonyl (C=O) groups excluding carboxylic acids is 1. The first kappa shape index (κ1) is 17.0. The van der Waals surface area contributed by atoms with Gasteiger partial charge in [-0.1, -0.05) is 25.7 Å². The molecule has 2 fully saturated rings. The molecule has 0 bridgehead atoms. The Morgan fingerprint density at radius 1 is 1.25 bits per heavy atom. The molecule has 1 saturated heterocycles. The van der Waals surface area contributed by atoms with Crippen LogP contribution >= 0.6 is 0 Å². The summed E-state index contributed by atoms with van der Waals surface area (Å²) >= 11 is 0. The lowest BCUT2D eigenvalue weighted by molar-refractivity contribution is -0.143. The molecule has 1 aliphatic heterocycles. The van der Waals surface area contributed by atoms with Crippen molar-refractivity contribution in [1.29, 1.82) is 0 Å². The van der Waals surface area contributed by atoms with Crippen molar-refractivity contribution >= 4 is 11.9 Å². The van der Waals surface area contributed by atoms with Crippen LogP contribution in [0.1, 0.15) is 41.9 Å². The van der Waals surface area contributed by atoms with Gasteiger partial charge in [0, 0.05) is 32.4 Å². The maximum atomic E-state index is 11.7. The fraction of sp³-hybridized carbons (Fsp3) is 0.667. The number of carbonyl (C=O) groups is 2. The van der Waals surface area contributed by atoms with Crippen molar-refractivity contribution in [2.45, 2.75) is 32.2 Å². The fourth-order valence-electron chi connectivity index (χ4n) is 4.42. The molecule has 6 heteroatoms. The third-order valence-corrected chi connectivity index (χ3v) is 5.77. The molecule has 1 aromatic heterocycles. The molecular weight excluding hydrogens is 308 g/mol. The lowest BCUT2D eigenvalue weighted by Crippen LogP contribution is -2.26. The Hall–Kier alpha value is -1.82. The van der Waals surface area contributed by atoms with Crippen molar-refractivity contribution in [3.05, 3.63) is 23.5 Å². The number of aromatic nitrogens is 1. The first-order valence-electron chi connectivity index (χ1n) is 8.69. The van der Waals surface area contributed by atoms with Gasteiger partial charge in [-0.15, -0.1) is 0 Å². The van der Waals surface area contributed by atoms with Gasteiger partial charge in [-0.05, 0) is 24.0 Å². The van der Waals surface area contributed by atoms with Gasteiger partial charge in [-0.3, -0.25) is 9.69 Å². The number of hydrogen-bond donors (Lipinski definition) is 1. The predicted octanol–water partition coefficient (Wildman–Crippen LogP) is 2.13. The zero-order valence-electron chi connectivity index (χ0n) is 14.4. The van der Waals surface area contributed by atoms with Gasteiger partial charge in [0.05, 0.1) is 13.0 Å². The standard InChI is InChI=1S/C18H26N2O4/c1-19-13(7-8-16(19)18(23)24-2)9-20-10-14(12-5-3-4-6-12)15(11-20)17(21)22/h7-8,12,14-15H,3-6,9-11H2,1-2H3,(H,21,22)/t14-,15+/m0/s1. The van der Waals surface area contributed by atoms with Crippen LogP contribution < -0.4 is 0 Å². The third kappa shape index (κ3) is 3.20. The smallest absolute Gasteiger partial charge is 0.354 e. The lowest BCUT2D eigenvalue weighted by Gasteiger charge is -2.22. The maximum Gasteiger partial charge on any atom is 0.354 e. The highest BCUT2D eigenvalue weighted by Crippen LogP contribution is 2.39. The average Bonchev–Trinajstić information content (AvgIpc) is 3.27. The second kappa shape index (κ2) is 6.97. The van der Waals surface area contributed by atoms with E-state index in [1.807, 2.05) is 17.7 Å². The van der Waals surface area contributed by atoms with E-state index >= 15 is 0 Å². The summed E-state index contributed by atoms with van der Waals surface area (Å²) in [4.78, 5) is 25.6. The SMILES string of the molecule is COC(=O)c1ccc(CN2C[C@@H](C(=O)O)[C@H](C3CCCC3)C2)n1C. The van der Waals surface area contributed by atoms with Crippen LogP contribution in [0.2, 0.25) is 0 Å². The van der Waals surface area contributed by atoms with Gasteiger partial charge in [0.2, 0.25) is 0 Å². The molecule has 2 heterocycles. The quantitative estimate of drug-likeness (QED) is 0.835. The van der Waals surface area contributed by atoms with Crippen LogP contribution in [0.25, 0.3) is 0 Å². The molecule has 0 radical (unpaired) electrons. The second-order valence-corrected chi connectivity index (χ2v) is 7.11. The number of likely N-dealkylation sites (tertiary alicyclic amines) is 1. The first-order chi connectivity index (χ1) is 11.5. The zero-order chi connectivity index (χ0) is 17.3. The molecule has 1 saturated carbocycles. The molecule has 1 aliphatic carbocycles. The van der Waals surface area contributed by atoms with Crippen LogP contribution in [0, 0.1) is 17.8 Å². The Labute approximate surface area is 142 Å². The van der Waals surface area contributed by atoms with Gasteiger partial charge in [0.1, 0.15) is 5.69 Å². The topological polar surface area (TPSA) is 71.8 Å². The minimum Gasteiger partial charge on any atom is -0.481 e. The summed E-state index contributed by atoms with van der Waals surface area (Å²) in [5, 5.41) is 9.60. The van der Waals surface area contributed by atoms with Gasteiger partial charge >= 0.3 is 11.9 Å². The summed E-state index contributed by atoms with van der Waals surface area (Å²) in [6.07, 6.45) is 4.79. The van der Waals surface area contributed by atoms with E-state index in [-0.39, 0.29) is 17.8 Å². The molecule has 2 atom stereocenters. The number of carboxylic acid groups (broad SMARTS) is 1. The number of rotatable bonds is 5. The summed E-state index contributed by atoms with van der Waals surface area (Å²) < 4.78 is 6.62. The summed E-state index contributed by atoms with van der Waals surface area (Å²) in [5.41, 5.74) is 1.53. The third-order valence-electron chi connectivity index (χ3n) is 5.77. The first-order valence-corrected chi connectivity index (χ1v) is 8.69. The predicted molar refractivity (Wildman–Crippen MR) is 88.6 cm³/mol. The van der Waals surface area contributed by atoms with Crippen molar-refractivity contribution < 1.29 is 19.4 Å². The zero-order valence-corrected chi connectivity index (χ0v) is 14.4. The number of hydrogen-bond acceptors (Lipinski definition) is 4. The number of aliphatic carboxylic acids is 1. The van der Waals surface area contributed by atoms with Crippen LogP contribution in [0.5, 0.6) is 0 Å². The Morgan fingerprint density at radius 2 is 1.96 bits per heavy atom. The molecular formula is C18H26N2O4. The van der Waals surface area contributed by atoms with E-state index in [0.29, 0.717) is 24.7 Å². The summed E-state index contributed by atoms with van der Waals surface area (Å²) in [5.74, 6) is -0.483. The van der Waals surface area contributed by atoms with Gasteiger partial charge in [-0.2, -0.15) is 0 Å². The van der Waals surface area contributed by atoms with E-state index in [1.54, 1.807) is 6.07 Å². The normalized spacial score (nSPS) is 25.2. The van der Waals surface area contributed by atoms with Crippen LogP contribution in [0.15, 0.2) is 12.1 Å². The number of esters is 1. The second-order valence-electron chi connectivity index (χ2n) is 7.11. The van der Waals surface area contributed by atoms with Gasteiger partial charge in [-0.25, -0.2) is 4.79 Å². The van der Waals surface area contributed by atoms with E-state index in [2.05, 4.69) is 4.90 Å². The van der Waals surface area contributed by atoms with Crippen LogP contribution in [0.4, 0.5) is 0 Å². The summed E-state index contributed by atoms with van der Waals surface area (Å²) in [7, 11) is 3.22. The fourth-order valence-corrected chi connectivity index (χ4v) is 4.42. The Balaban J connectivity index is 1.71. The number of methoxy groups -OCH3 is 1. The maximum absolute atomic E-state index is 11.7. The number of ether oxygens (including phenoxy) is 1. The minimum atomic E-state index is -0.670. The van der Waals surface area contributed by atoms with Gasteiger partial charge in [0.15, 0.2) is 0 Å². The monoisotopic (exact) mass is 334 g/mol. The van der Waals surface area contributed by atoms with Crippen LogP contribution in [-0.4, -0.2) is 46.7 Å². The summed E-state index contributed by atoms with van der Waals surface area (Å²) in [6.45, 7) is 2.09. The van der Waals surface area contributed by atoms with Crippen molar-refractivity contribution in [2.24, 2.45) is 24.8 Å². The molecule has 1 N–H and O–H groups in total. The van der Waals surface area contributed by atoms with E-state index in [4.69, 9.17) is 4.74 Å². The highest BCUT2D eigenvalue weighted by Gasteiger charge is 2.42. The van der Waals surface area contributed by atoms with Gasteiger partial charge < -0.3 is 14.4 Å². The molecule has 132 valence electrons. The lowest BCUT2D eigenvalue weighted by atomic mass is 9.83. The molecule has 3 rings (SSSR count). The highest BCUT2D eigenvalue weighted by atomic mass is 16.5. The molecule has 1 aromatic rings. The average molecular weight is 334 g/mol. The van der Waals surface area contributed by atoms with Crippen molar-refractivity contribution in [3.63, 3.8) is 0 Å². The van der Waals surface area contributed by atoms with Crippen molar-refractivity contribution in [3.8, 4) is 0 Å². The van der Waals surface area contributed by atoms with Crippen molar-refractivity contribution in [2.75, 3.05) is 20.2 Å². The van der Waals surface area contributed by atoms with Gasteiger partial charge in [0.25, 0.3) is 0 Å². The van der Waals surface area contributed by atoms with E-state index < -0.39 is 5.97 Å². The Bertz CT molecular complexity index is 619. The van der Waals surface area contributed by atoms with E-state index in [9.17, 15) is 14.7 Å². The van der Waals surface area contributed by atoms with Crippen LogP contribution in [-0.2, 0) is 23.1 Å². The van der Waals surface area contributed by atoms with Crippen LogP contribution in [0.3, 0.4) is 0 Å². The van der Waals surface area contributed by atoms with E-state index in [0.717, 1.165) is 12.2 Å². The molecule has 0 amide bonds. The highest BCUT2D eigenvalue weighted by molar-refractivity contribution is 5.87. The molecule has 24 heavy (non-hydrogen) atoms. The molecule has 6 nitrogen and oxygen atoms in total. The van der Waals surface area contributed by atoms with E-state index in [1.165, 1.54) is 32.8 Å². The number of carboxylic acids is 1. The molecule has 0 unspecified atom stereocenters. The number of nitrogens with zero attached hydrogens (tertiary/aromatic N) is 2. The Morgan fingerprint density at radius 3 is 2.58 bits per heavy atom. The minimum absolute atomic E-state index is 0.255. The Kier molecular flexibility index (Phi) is 4.94. The molecule has 0 spiro atoms. The molecule has 2 aliphatic rings.